The highest BCUT2D eigenvalue weighted by molar-refractivity contribution is 9.10. The predicted molar refractivity (Wildman–Crippen MR) is 98.5 cm³/mol. The number of amides is 1. The lowest BCUT2D eigenvalue weighted by Crippen LogP contribution is -2.14. The van der Waals surface area contributed by atoms with Crippen LogP contribution in [0.3, 0.4) is 0 Å². The molecular weight excluding hydrogens is 397 g/mol. The highest BCUT2D eigenvalue weighted by Gasteiger charge is 2.14. The first-order chi connectivity index (χ1) is 11.4. The molecule has 0 saturated carbocycles. The summed E-state index contributed by atoms with van der Waals surface area (Å²) in [5.74, 6) is 0.136. The lowest BCUT2D eigenvalue weighted by molar-refractivity contribution is 0.102. The molecule has 0 aliphatic rings. The SMILES string of the molecule is CC(C)CCOc1ccc(Br)cc1C(=O)Nc1ccc(F)c(Cl)c1. The van der Waals surface area contributed by atoms with Gasteiger partial charge < -0.3 is 10.1 Å². The highest BCUT2D eigenvalue weighted by atomic mass is 79.9. The topological polar surface area (TPSA) is 38.3 Å². The minimum atomic E-state index is -0.533. The van der Waals surface area contributed by atoms with E-state index >= 15 is 0 Å². The van der Waals surface area contributed by atoms with Gasteiger partial charge in [-0.15, -0.1) is 0 Å². The number of carbonyl (C=O) groups excluding carboxylic acids is 1. The number of hydrogen-bond donors (Lipinski definition) is 1. The lowest BCUT2D eigenvalue weighted by Gasteiger charge is -2.13. The third-order valence-electron chi connectivity index (χ3n) is 3.32. The molecule has 0 aliphatic carbocycles. The van der Waals surface area contributed by atoms with Crippen molar-refractivity contribution in [1.29, 1.82) is 0 Å². The van der Waals surface area contributed by atoms with E-state index in [4.69, 9.17) is 16.3 Å². The van der Waals surface area contributed by atoms with Gasteiger partial charge in [0.05, 0.1) is 17.2 Å². The van der Waals surface area contributed by atoms with Crippen LogP contribution in [-0.2, 0) is 0 Å². The number of ether oxygens (including phenoxy) is 1. The van der Waals surface area contributed by atoms with Crippen molar-refractivity contribution in [3.63, 3.8) is 0 Å². The molecule has 0 radical (unpaired) electrons. The van der Waals surface area contributed by atoms with Gasteiger partial charge in [-0.1, -0.05) is 41.4 Å². The molecule has 1 amide bonds. The molecule has 6 heteroatoms. The molecule has 128 valence electrons. The lowest BCUT2D eigenvalue weighted by atomic mass is 10.1. The van der Waals surface area contributed by atoms with Gasteiger partial charge in [-0.2, -0.15) is 0 Å². The fraction of sp³-hybridized carbons (Fsp3) is 0.278. The number of benzene rings is 2. The van der Waals surface area contributed by atoms with Crippen LogP contribution in [0.5, 0.6) is 5.75 Å². The smallest absolute Gasteiger partial charge is 0.259 e. The number of nitrogens with one attached hydrogen (secondary N) is 1. The predicted octanol–water partition coefficient (Wildman–Crippen LogP) is 5.92. The molecule has 24 heavy (non-hydrogen) atoms. The maximum absolute atomic E-state index is 13.2. The Morgan fingerprint density at radius 3 is 2.71 bits per heavy atom. The van der Waals surface area contributed by atoms with E-state index in [0.717, 1.165) is 10.9 Å². The second-order valence-corrected chi connectivity index (χ2v) is 7.08. The first kappa shape index (κ1) is 18.7. The second kappa shape index (κ2) is 8.49. The Morgan fingerprint density at radius 2 is 2.04 bits per heavy atom. The zero-order valence-corrected chi connectivity index (χ0v) is 15.7. The monoisotopic (exact) mass is 413 g/mol. The average Bonchev–Trinajstić information content (AvgIpc) is 2.52. The molecule has 0 heterocycles. The Labute approximate surface area is 154 Å². The zero-order chi connectivity index (χ0) is 17.7. The van der Waals surface area contributed by atoms with Crippen molar-refractivity contribution in [2.75, 3.05) is 11.9 Å². The van der Waals surface area contributed by atoms with Gasteiger partial charge in [0.25, 0.3) is 5.91 Å². The summed E-state index contributed by atoms with van der Waals surface area (Å²) in [5.41, 5.74) is 0.813. The summed E-state index contributed by atoms with van der Waals surface area (Å²) in [5, 5.41) is 2.66. The fourth-order valence-corrected chi connectivity index (χ4v) is 2.52. The Morgan fingerprint density at radius 1 is 1.29 bits per heavy atom. The maximum atomic E-state index is 13.2. The summed E-state index contributed by atoms with van der Waals surface area (Å²) in [7, 11) is 0. The number of rotatable bonds is 6. The summed E-state index contributed by atoms with van der Waals surface area (Å²) >= 11 is 9.10. The van der Waals surface area contributed by atoms with Crippen LogP contribution >= 0.6 is 27.5 Å². The number of halogens is 3. The molecule has 2 aromatic rings. The molecule has 0 aliphatic heterocycles. The number of anilines is 1. The van der Waals surface area contributed by atoms with Crippen LogP contribution in [0.1, 0.15) is 30.6 Å². The highest BCUT2D eigenvalue weighted by Crippen LogP contribution is 2.26. The Hall–Kier alpha value is -1.59. The van der Waals surface area contributed by atoms with Crippen molar-refractivity contribution < 1.29 is 13.9 Å². The van der Waals surface area contributed by atoms with Crippen LogP contribution in [0.2, 0.25) is 5.02 Å². The van der Waals surface area contributed by atoms with Crippen molar-refractivity contribution in [1.82, 2.24) is 0 Å². The number of carbonyl (C=O) groups is 1. The number of hydrogen-bond acceptors (Lipinski definition) is 2. The first-order valence-corrected chi connectivity index (χ1v) is 8.72. The molecule has 3 nitrogen and oxygen atoms in total. The Bertz CT molecular complexity index is 737. The van der Waals surface area contributed by atoms with E-state index in [9.17, 15) is 9.18 Å². The van der Waals surface area contributed by atoms with Gasteiger partial charge >= 0.3 is 0 Å². The van der Waals surface area contributed by atoms with E-state index in [0.29, 0.717) is 29.5 Å². The largest absolute Gasteiger partial charge is 0.493 e. The summed E-state index contributed by atoms with van der Waals surface area (Å²) in [4.78, 5) is 12.5. The molecule has 2 aromatic carbocycles. The van der Waals surface area contributed by atoms with Crippen molar-refractivity contribution in [2.45, 2.75) is 20.3 Å². The van der Waals surface area contributed by atoms with Crippen molar-refractivity contribution >= 4 is 39.1 Å². The fourth-order valence-electron chi connectivity index (χ4n) is 1.98. The van der Waals surface area contributed by atoms with Crippen LogP contribution in [0.4, 0.5) is 10.1 Å². The van der Waals surface area contributed by atoms with Crippen LogP contribution in [-0.4, -0.2) is 12.5 Å². The summed E-state index contributed by atoms with van der Waals surface area (Å²) in [6, 6.07) is 9.28. The van der Waals surface area contributed by atoms with Crippen LogP contribution < -0.4 is 10.1 Å². The maximum Gasteiger partial charge on any atom is 0.259 e. The minimum Gasteiger partial charge on any atom is -0.493 e. The van der Waals surface area contributed by atoms with Crippen LogP contribution in [0.25, 0.3) is 0 Å². The normalized spacial score (nSPS) is 10.8. The molecule has 0 saturated heterocycles. The van der Waals surface area contributed by atoms with Gasteiger partial charge in [0, 0.05) is 10.2 Å². The molecule has 0 spiro atoms. The standard InChI is InChI=1S/C18H18BrClFNO2/c1-11(2)7-8-24-17-6-3-12(19)9-14(17)18(23)22-13-4-5-16(21)15(20)10-13/h3-6,9-11H,7-8H2,1-2H3,(H,22,23). The average molecular weight is 415 g/mol. The van der Waals surface area contributed by atoms with Gasteiger partial charge in [-0.3, -0.25) is 4.79 Å². The van der Waals surface area contributed by atoms with E-state index in [1.807, 2.05) is 6.07 Å². The third-order valence-corrected chi connectivity index (χ3v) is 4.10. The summed E-state index contributed by atoms with van der Waals surface area (Å²) < 4.78 is 19.7. The van der Waals surface area contributed by atoms with Gasteiger partial charge in [0.1, 0.15) is 11.6 Å². The molecule has 0 atom stereocenters. The molecule has 2 rings (SSSR count). The molecule has 0 bridgehead atoms. The van der Waals surface area contributed by atoms with E-state index < -0.39 is 5.82 Å². The van der Waals surface area contributed by atoms with Gasteiger partial charge in [0.2, 0.25) is 0 Å². The van der Waals surface area contributed by atoms with Crippen molar-refractivity contribution in [3.8, 4) is 5.75 Å². The van der Waals surface area contributed by atoms with Gasteiger partial charge in [-0.25, -0.2) is 4.39 Å². The zero-order valence-electron chi connectivity index (χ0n) is 13.4. The van der Waals surface area contributed by atoms with Crippen LogP contribution in [0.15, 0.2) is 40.9 Å². The van der Waals surface area contributed by atoms with E-state index in [2.05, 4.69) is 35.1 Å². The third kappa shape index (κ3) is 5.21. The first-order valence-electron chi connectivity index (χ1n) is 7.55. The van der Waals surface area contributed by atoms with Gasteiger partial charge in [-0.05, 0) is 48.7 Å². The van der Waals surface area contributed by atoms with E-state index in [1.165, 1.54) is 18.2 Å². The van der Waals surface area contributed by atoms with Crippen LogP contribution in [0, 0.1) is 11.7 Å². The van der Waals surface area contributed by atoms with Crippen molar-refractivity contribution in [3.05, 3.63) is 57.3 Å². The van der Waals surface area contributed by atoms with Crippen molar-refractivity contribution in [2.24, 2.45) is 5.92 Å². The summed E-state index contributed by atoms with van der Waals surface area (Å²) in [6.07, 6.45) is 0.894. The Kier molecular flexibility index (Phi) is 6.63. The quantitative estimate of drug-likeness (QED) is 0.637. The molecule has 0 aromatic heterocycles. The summed E-state index contributed by atoms with van der Waals surface area (Å²) in [6.45, 7) is 4.75. The van der Waals surface area contributed by atoms with E-state index in [-0.39, 0.29) is 10.9 Å². The minimum absolute atomic E-state index is 0.0459. The van der Waals surface area contributed by atoms with E-state index in [1.54, 1.807) is 12.1 Å². The molecule has 1 N–H and O–H groups in total. The Balaban J connectivity index is 2.17. The molecular formula is C18H18BrClFNO2. The van der Waals surface area contributed by atoms with Gasteiger partial charge in [0.15, 0.2) is 0 Å². The molecule has 0 unspecified atom stereocenters. The molecule has 0 fully saturated rings. The second-order valence-electron chi connectivity index (χ2n) is 5.75.